The third-order valence-corrected chi connectivity index (χ3v) is 3.85. The molecule has 1 saturated heterocycles. The summed E-state index contributed by atoms with van der Waals surface area (Å²) in [6.45, 7) is 5.86. The van der Waals surface area contributed by atoms with Gasteiger partial charge in [0.25, 0.3) is 0 Å². The fourth-order valence-electron chi connectivity index (χ4n) is 2.39. The van der Waals surface area contributed by atoms with E-state index in [1.54, 1.807) is 0 Å². The average molecular weight is 292 g/mol. The Hall–Kier alpha value is -1.59. The third kappa shape index (κ3) is 4.44. The second-order valence-electron chi connectivity index (χ2n) is 5.98. The van der Waals surface area contributed by atoms with E-state index in [9.17, 15) is 9.90 Å². The molecule has 0 saturated carbocycles. The molecule has 21 heavy (non-hydrogen) atoms. The highest BCUT2D eigenvalue weighted by atomic mass is 16.5. The van der Waals surface area contributed by atoms with Crippen LogP contribution in [0, 0.1) is 12.3 Å². The maximum atomic E-state index is 12.1. The van der Waals surface area contributed by atoms with Crippen LogP contribution in [-0.4, -0.2) is 43.4 Å². The SMILES string of the molecule is Cc1cccc(OCC(O)CNC(=O)C2(C)CCNC2)c1. The van der Waals surface area contributed by atoms with Crippen molar-refractivity contribution in [1.29, 1.82) is 0 Å². The van der Waals surface area contributed by atoms with Crippen LogP contribution in [0.1, 0.15) is 18.9 Å². The Morgan fingerprint density at radius 3 is 3.05 bits per heavy atom. The van der Waals surface area contributed by atoms with E-state index in [0.29, 0.717) is 6.54 Å². The summed E-state index contributed by atoms with van der Waals surface area (Å²) in [7, 11) is 0. The zero-order valence-corrected chi connectivity index (χ0v) is 12.7. The fourth-order valence-corrected chi connectivity index (χ4v) is 2.39. The fraction of sp³-hybridized carbons (Fsp3) is 0.562. The van der Waals surface area contributed by atoms with Gasteiger partial charge in [-0.25, -0.2) is 0 Å². The summed E-state index contributed by atoms with van der Waals surface area (Å²) >= 11 is 0. The molecule has 1 aliphatic heterocycles. The van der Waals surface area contributed by atoms with Crippen molar-refractivity contribution in [2.24, 2.45) is 5.41 Å². The number of carbonyl (C=O) groups excluding carboxylic acids is 1. The molecule has 5 heteroatoms. The van der Waals surface area contributed by atoms with E-state index in [4.69, 9.17) is 4.74 Å². The Morgan fingerprint density at radius 1 is 1.57 bits per heavy atom. The molecule has 1 aromatic rings. The van der Waals surface area contributed by atoms with Crippen LogP contribution in [0.4, 0.5) is 0 Å². The summed E-state index contributed by atoms with van der Waals surface area (Å²) in [6, 6.07) is 7.66. The molecule has 2 unspecified atom stereocenters. The highest BCUT2D eigenvalue weighted by Crippen LogP contribution is 2.24. The molecule has 0 radical (unpaired) electrons. The monoisotopic (exact) mass is 292 g/mol. The zero-order chi connectivity index (χ0) is 15.3. The smallest absolute Gasteiger partial charge is 0.227 e. The minimum atomic E-state index is -0.715. The molecule has 1 aliphatic rings. The summed E-state index contributed by atoms with van der Waals surface area (Å²) in [6.07, 6.45) is 0.113. The lowest BCUT2D eigenvalue weighted by molar-refractivity contribution is -0.129. The quantitative estimate of drug-likeness (QED) is 0.727. The zero-order valence-electron chi connectivity index (χ0n) is 12.7. The van der Waals surface area contributed by atoms with Crippen molar-refractivity contribution in [2.75, 3.05) is 26.2 Å². The van der Waals surface area contributed by atoms with Crippen LogP contribution >= 0.6 is 0 Å². The number of ether oxygens (including phenoxy) is 1. The van der Waals surface area contributed by atoms with Crippen LogP contribution in [0.15, 0.2) is 24.3 Å². The van der Waals surface area contributed by atoms with Crippen molar-refractivity contribution < 1.29 is 14.6 Å². The lowest BCUT2D eigenvalue weighted by Crippen LogP contribution is -2.44. The second-order valence-corrected chi connectivity index (χ2v) is 5.98. The van der Waals surface area contributed by atoms with Crippen molar-refractivity contribution in [3.05, 3.63) is 29.8 Å². The minimum absolute atomic E-state index is 0.0119. The molecule has 2 atom stereocenters. The van der Waals surface area contributed by atoms with Crippen molar-refractivity contribution in [3.8, 4) is 5.75 Å². The van der Waals surface area contributed by atoms with E-state index in [1.165, 1.54) is 0 Å². The van der Waals surface area contributed by atoms with Gasteiger partial charge < -0.3 is 20.5 Å². The van der Waals surface area contributed by atoms with Crippen LogP contribution in [0.5, 0.6) is 5.75 Å². The molecule has 1 aromatic carbocycles. The number of amides is 1. The molecule has 1 amide bonds. The number of aryl methyl sites for hydroxylation is 1. The van der Waals surface area contributed by atoms with Gasteiger partial charge >= 0.3 is 0 Å². The summed E-state index contributed by atoms with van der Waals surface area (Å²) in [5, 5.41) is 15.9. The Labute approximate surface area is 125 Å². The summed E-state index contributed by atoms with van der Waals surface area (Å²) < 4.78 is 5.52. The summed E-state index contributed by atoms with van der Waals surface area (Å²) in [5.74, 6) is 0.717. The van der Waals surface area contributed by atoms with Crippen molar-refractivity contribution in [3.63, 3.8) is 0 Å². The van der Waals surface area contributed by atoms with Crippen LogP contribution < -0.4 is 15.4 Å². The standard InChI is InChI=1S/C16H24N2O3/c1-12-4-3-5-14(8-12)21-10-13(19)9-18-15(20)16(2)6-7-17-11-16/h3-5,8,13,17,19H,6-7,9-11H2,1-2H3,(H,18,20). The first-order chi connectivity index (χ1) is 9.99. The van der Waals surface area contributed by atoms with Gasteiger partial charge in [0.05, 0.1) is 5.41 Å². The Kier molecular flexibility index (Phi) is 5.20. The largest absolute Gasteiger partial charge is 0.491 e. The van der Waals surface area contributed by atoms with E-state index < -0.39 is 6.10 Å². The van der Waals surface area contributed by atoms with E-state index in [2.05, 4.69) is 10.6 Å². The van der Waals surface area contributed by atoms with E-state index in [1.807, 2.05) is 38.1 Å². The molecule has 3 N–H and O–H groups in total. The van der Waals surface area contributed by atoms with Gasteiger partial charge in [-0.05, 0) is 44.5 Å². The Balaban J connectivity index is 1.72. The first kappa shape index (κ1) is 15.8. The molecule has 5 nitrogen and oxygen atoms in total. The van der Waals surface area contributed by atoms with E-state index >= 15 is 0 Å². The Bertz CT molecular complexity index is 484. The minimum Gasteiger partial charge on any atom is -0.491 e. The van der Waals surface area contributed by atoms with Crippen LogP contribution in [0.25, 0.3) is 0 Å². The second kappa shape index (κ2) is 6.91. The van der Waals surface area contributed by atoms with Gasteiger partial charge in [-0.1, -0.05) is 12.1 Å². The van der Waals surface area contributed by atoms with Crippen molar-refractivity contribution in [1.82, 2.24) is 10.6 Å². The highest BCUT2D eigenvalue weighted by molar-refractivity contribution is 5.82. The summed E-state index contributed by atoms with van der Waals surface area (Å²) in [5.41, 5.74) is 0.744. The van der Waals surface area contributed by atoms with Gasteiger partial charge in [-0.2, -0.15) is 0 Å². The molecule has 116 valence electrons. The molecule has 0 bridgehead atoms. The molecular weight excluding hydrogens is 268 g/mol. The van der Waals surface area contributed by atoms with Crippen molar-refractivity contribution in [2.45, 2.75) is 26.4 Å². The van der Waals surface area contributed by atoms with Gasteiger partial charge in [0.2, 0.25) is 5.91 Å². The number of nitrogens with one attached hydrogen (secondary N) is 2. The molecule has 0 spiro atoms. The molecule has 0 aromatic heterocycles. The van der Waals surface area contributed by atoms with Gasteiger partial charge in [0.1, 0.15) is 18.5 Å². The maximum absolute atomic E-state index is 12.1. The number of carbonyl (C=O) groups is 1. The average Bonchev–Trinajstić information content (AvgIpc) is 2.91. The third-order valence-electron chi connectivity index (χ3n) is 3.85. The lowest BCUT2D eigenvalue weighted by atomic mass is 9.89. The normalized spacial score (nSPS) is 22.8. The first-order valence-corrected chi connectivity index (χ1v) is 7.36. The Morgan fingerprint density at radius 2 is 2.38 bits per heavy atom. The maximum Gasteiger partial charge on any atom is 0.227 e. The number of aliphatic hydroxyl groups excluding tert-OH is 1. The van der Waals surface area contributed by atoms with E-state index in [-0.39, 0.29) is 24.5 Å². The van der Waals surface area contributed by atoms with Gasteiger partial charge in [-0.3, -0.25) is 4.79 Å². The van der Waals surface area contributed by atoms with Crippen molar-refractivity contribution >= 4 is 5.91 Å². The molecular formula is C16H24N2O3. The van der Waals surface area contributed by atoms with Crippen LogP contribution in [0.3, 0.4) is 0 Å². The molecule has 1 fully saturated rings. The number of benzene rings is 1. The van der Waals surface area contributed by atoms with Gasteiger partial charge in [-0.15, -0.1) is 0 Å². The predicted molar refractivity (Wildman–Crippen MR) is 81.3 cm³/mol. The lowest BCUT2D eigenvalue weighted by Gasteiger charge is -2.22. The first-order valence-electron chi connectivity index (χ1n) is 7.36. The van der Waals surface area contributed by atoms with Gasteiger partial charge in [0.15, 0.2) is 0 Å². The number of rotatable bonds is 6. The van der Waals surface area contributed by atoms with Gasteiger partial charge in [0, 0.05) is 13.1 Å². The van der Waals surface area contributed by atoms with Crippen LogP contribution in [0.2, 0.25) is 0 Å². The number of aliphatic hydroxyl groups is 1. The van der Waals surface area contributed by atoms with Crippen LogP contribution in [-0.2, 0) is 4.79 Å². The topological polar surface area (TPSA) is 70.6 Å². The molecule has 1 heterocycles. The highest BCUT2D eigenvalue weighted by Gasteiger charge is 2.36. The predicted octanol–water partition coefficient (Wildman–Crippen LogP) is 0.851. The number of hydrogen-bond donors (Lipinski definition) is 3. The molecule has 0 aliphatic carbocycles. The summed E-state index contributed by atoms with van der Waals surface area (Å²) in [4.78, 5) is 12.1. The van der Waals surface area contributed by atoms with E-state index in [0.717, 1.165) is 24.3 Å². The molecule has 2 rings (SSSR count). The number of hydrogen-bond acceptors (Lipinski definition) is 4.